The van der Waals surface area contributed by atoms with E-state index in [2.05, 4.69) is 20.4 Å². The van der Waals surface area contributed by atoms with E-state index in [4.69, 9.17) is 9.72 Å². The number of nitrogens with zero attached hydrogens (tertiary/aromatic N) is 7. The summed E-state index contributed by atoms with van der Waals surface area (Å²) in [5.74, 6) is -0.217. The Morgan fingerprint density at radius 3 is 2.60 bits per heavy atom. The van der Waals surface area contributed by atoms with E-state index in [-0.39, 0.29) is 29.5 Å². The number of hydrogen-bond acceptors (Lipinski definition) is 8. The first kappa shape index (κ1) is 33.0. The van der Waals surface area contributed by atoms with Crippen molar-refractivity contribution in [2.45, 2.75) is 39.4 Å². The van der Waals surface area contributed by atoms with Crippen molar-refractivity contribution in [1.82, 2.24) is 34.0 Å². The van der Waals surface area contributed by atoms with Gasteiger partial charge in [-0.2, -0.15) is 22.7 Å². The molecule has 7 rings (SSSR count). The molecule has 4 aromatic heterocycles. The van der Waals surface area contributed by atoms with E-state index < -0.39 is 23.2 Å². The second-order valence-corrected chi connectivity index (χ2v) is 12.2. The number of fused-ring (bicyclic) bond motifs is 2. The number of carbonyl (C=O) groups is 2. The van der Waals surface area contributed by atoms with Crippen LogP contribution >= 0.6 is 0 Å². The molecule has 2 aliphatic heterocycles. The fraction of sp³-hybridized carbons (Fsp3) is 0.353. The van der Waals surface area contributed by atoms with Gasteiger partial charge >= 0.3 is 6.18 Å². The van der Waals surface area contributed by atoms with Gasteiger partial charge in [0.25, 0.3) is 11.5 Å². The molecule has 2 aliphatic rings. The van der Waals surface area contributed by atoms with Gasteiger partial charge in [-0.15, -0.1) is 5.10 Å². The molecule has 0 aliphatic carbocycles. The number of nitrogens with one attached hydrogen (secondary N) is 2. The maximum Gasteiger partial charge on any atom is 0.416 e. The Morgan fingerprint density at radius 1 is 1.10 bits per heavy atom. The molecule has 1 fully saturated rings. The molecule has 5 aromatic rings. The standard InChI is InChI=1S/C34H34F3N9O4/c1-3-26-29(43-12-14-44(15-13-43)31(48)28-23-6-10-38-25(23)7-11-39-28)32(49)46-33(41-30(42-46)21-8-16-50-17-9-21)45(26)19-27(47)40-24-5-4-22(18-20(24)2)34(35,36)37/h4-8,10-11,18,38H,3,9,12-17,19H2,1-2H3,(H,40,47). The van der Waals surface area contributed by atoms with Gasteiger partial charge < -0.3 is 29.4 Å². The van der Waals surface area contributed by atoms with Crippen molar-refractivity contribution < 1.29 is 27.5 Å². The fourth-order valence-corrected chi connectivity index (χ4v) is 6.54. The molecule has 0 bridgehead atoms. The van der Waals surface area contributed by atoms with Crippen molar-refractivity contribution in [3.05, 3.63) is 87.5 Å². The second-order valence-electron chi connectivity index (χ2n) is 12.2. The predicted molar refractivity (Wildman–Crippen MR) is 179 cm³/mol. The number of rotatable bonds is 7. The third-order valence-electron chi connectivity index (χ3n) is 9.11. The molecule has 0 saturated carbocycles. The third-order valence-corrected chi connectivity index (χ3v) is 9.11. The first-order valence-electron chi connectivity index (χ1n) is 16.3. The Kier molecular flexibility index (Phi) is 8.63. The molecule has 2 amide bonds. The van der Waals surface area contributed by atoms with Crippen molar-refractivity contribution >= 4 is 45.4 Å². The Hall–Kier alpha value is -5.51. The Balaban J connectivity index is 1.22. The summed E-state index contributed by atoms with van der Waals surface area (Å²) < 4.78 is 48.0. The molecule has 13 nitrogen and oxygen atoms in total. The van der Waals surface area contributed by atoms with Crippen LogP contribution in [0.1, 0.15) is 46.5 Å². The zero-order chi connectivity index (χ0) is 35.2. The molecule has 260 valence electrons. The Bertz CT molecular complexity index is 2210. The summed E-state index contributed by atoms with van der Waals surface area (Å²) in [7, 11) is 0. The number of amides is 2. The van der Waals surface area contributed by atoms with Gasteiger partial charge in [0.2, 0.25) is 11.7 Å². The van der Waals surface area contributed by atoms with Crippen LogP contribution in [0.25, 0.3) is 22.3 Å². The topological polar surface area (TPSA) is 143 Å². The summed E-state index contributed by atoms with van der Waals surface area (Å²) in [5, 5.41) is 8.03. The monoisotopic (exact) mass is 689 g/mol. The summed E-state index contributed by atoms with van der Waals surface area (Å²) in [6, 6.07) is 6.74. The molecule has 6 heterocycles. The van der Waals surface area contributed by atoms with Crippen LogP contribution in [0.4, 0.5) is 24.5 Å². The lowest BCUT2D eigenvalue weighted by molar-refractivity contribution is -0.137. The Morgan fingerprint density at radius 2 is 1.90 bits per heavy atom. The minimum absolute atomic E-state index is 0.164. The first-order chi connectivity index (χ1) is 24.0. The lowest BCUT2D eigenvalue weighted by Crippen LogP contribution is -2.51. The number of piperazine rings is 1. The second kappa shape index (κ2) is 13.1. The highest BCUT2D eigenvalue weighted by Gasteiger charge is 2.32. The summed E-state index contributed by atoms with van der Waals surface area (Å²) in [6.45, 7) is 5.25. The highest BCUT2D eigenvalue weighted by atomic mass is 19.4. The number of ether oxygens (including phenoxy) is 1. The smallest absolute Gasteiger partial charge is 0.377 e. The van der Waals surface area contributed by atoms with E-state index in [0.29, 0.717) is 75.1 Å². The number of H-pyrrole nitrogens is 1. The first-order valence-corrected chi connectivity index (χ1v) is 16.3. The van der Waals surface area contributed by atoms with Crippen molar-refractivity contribution in [2.24, 2.45) is 0 Å². The highest BCUT2D eigenvalue weighted by molar-refractivity contribution is 6.04. The quantitative estimate of drug-likeness (QED) is 0.261. The van der Waals surface area contributed by atoms with Crippen LogP contribution in [-0.4, -0.2) is 85.2 Å². The number of carbonyl (C=O) groups excluding carboxylic acids is 2. The van der Waals surface area contributed by atoms with Gasteiger partial charge in [-0.1, -0.05) is 13.0 Å². The van der Waals surface area contributed by atoms with Crippen LogP contribution in [-0.2, 0) is 28.7 Å². The van der Waals surface area contributed by atoms with Gasteiger partial charge in [0.05, 0.1) is 24.5 Å². The van der Waals surface area contributed by atoms with Crippen molar-refractivity contribution in [3.8, 4) is 0 Å². The maximum atomic E-state index is 14.2. The average molecular weight is 690 g/mol. The minimum atomic E-state index is -4.52. The number of pyridine rings is 1. The van der Waals surface area contributed by atoms with Crippen LogP contribution in [0.2, 0.25) is 0 Å². The van der Waals surface area contributed by atoms with E-state index in [9.17, 15) is 27.6 Å². The third kappa shape index (κ3) is 6.10. The predicted octanol–water partition coefficient (Wildman–Crippen LogP) is 4.06. The molecule has 1 saturated heterocycles. The molecule has 2 N–H and O–H groups in total. The molecule has 0 unspecified atom stereocenters. The minimum Gasteiger partial charge on any atom is -0.377 e. The van der Waals surface area contributed by atoms with E-state index >= 15 is 0 Å². The molecule has 16 heteroatoms. The lowest BCUT2D eigenvalue weighted by atomic mass is 10.1. The van der Waals surface area contributed by atoms with Crippen molar-refractivity contribution in [1.29, 1.82) is 0 Å². The fourth-order valence-electron chi connectivity index (χ4n) is 6.54. The molecule has 0 atom stereocenters. The number of aryl methyl sites for hydroxylation is 1. The van der Waals surface area contributed by atoms with Gasteiger partial charge in [-0.3, -0.25) is 19.4 Å². The average Bonchev–Trinajstić information content (AvgIpc) is 3.78. The van der Waals surface area contributed by atoms with E-state index in [0.717, 1.165) is 28.6 Å². The van der Waals surface area contributed by atoms with Gasteiger partial charge in [-0.05, 0) is 61.2 Å². The molecule has 1 aromatic carbocycles. The molecular formula is C34H34F3N9O4. The van der Waals surface area contributed by atoms with E-state index in [1.807, 2.05) is 24.0 Å². The summed E-state index contributed by atoms with van der Waals surface area (Å²) >= 11 is 0. The number of anilines is 2. The van der Waals surface area contributed by atoms with Crippen LogP contribution in [0, 0.1) is 6.92 Å². The summed E-state index contributed by atoms with van der Waals surface area (Å²) in [5.41, 5.74) is 2.12. The van der Waals surface area contributed by atoms with Gasteiger partial charge in [0, 0.05) is 55.2 Å². The summed E-state index contributed by atoms with van der Waals surface area (Å²) in [6.07, 6.45) is 1.59. The number of benzene rings is 1. The molecule has 50 heavy (non-hydrogen) atoms. The van der Waals surface area contributed by atoms with E-state index in [1.165, 1.54) is 17.5 Å². The number of aromatic amines is 1. The summed E-state index contributed by atoms with van der Waals surface area (Å²) in [4.78, 5) is 57.0. The Labute approximate surface area is 283 Å². The zero-order valence-electron chi connectivity index (χ0n) is 27.4. The molecular weight excluding hydrogens is 655 g/mol. The number of aromatic nitrogens is 6. The SMILES string of the molecule is CCc1c(N2CCN(C(=O)c3nccc4[nH]ccc34)CC2)c(=O)n2nc(C3=CCOCC3)nc2n1CC(=O)Nc1ccc(C(F)(F)F)cc1C. The van der Waals surface area contributed by atoms with E-state index in [1.54, 1.807) is 27.9 Å². The number of halogens is 3. The molecule has 0 spiro atoms. The van der Waals surface area contributed by atoms with Crippen LogP contribution in [0.15, 0.2) is 53.6 Å². The largest absolute Gasteiger partial charge is 0.416 e. The van der Waals surface area contributed by atoms with Gasteiger partial charge in [-0.25, -0.2) is 0 Å². The maximum absolute atomic E-state index is 14.2. The highest BCUT2D eigenvalue weighted by Crippen LogP contribution is 2.32. The van der Waals surface area contributed by atoms with Gasteiger partial charge in [0.15, 0.2) is 5.82 Å². The van der Waals surface area contributed by atoms with Crippen molar-refractivity contribution in [3.63, 3.8) is 0 Å². The van der Waals surface area contributed by atoms with Crippen LogP contribution < -0.4 is 15.8 Å². The molecule has 0 radical (unpaired) electrons. The number of alkyl halides is 3. The van der Waals surface area contributed by atoms with Crippen LogP contribution in [0.3, 0.4) is 0 Å². The van der Waals surface area contributed by atoms with Crippen molar-refractivity contribution in [2.75, 3.05) is 49.6 Å². The zero-order valence-corrected chi connectivity index (χ0v) is 27.4. The lowest BCUT2D eigenvalue weighted by Gasteiger charge is -2.36. The normalized spacial score (nSPS) is 15.5. The number of hydrogen-bond donors (Lipinski definition) is 2. The van der Waals surface area contributed by atoms with Gasteiger partial charge in [0.1, 0.15) is 17.9 Å². The van der Waals surface area contributed by atoms with Crippen LogP contribution in [0.5, 0.6) is 0 Å².